The number of hydrogen-bond acceptors (Lipinski definition) is 2. The Labute approximate surface area is 115 Å². The van der Waals surface area contributed by atoms with E-state index in [1.54, 1.807) is 6.07 Å². The fraction of sp³-hybridized carbons (Fsp3) is 0.400. The minimum absolute atomic E-state index is 0.00535. The normalized spacial score (nSPS) is 16.2. The second-order valence-corrected chi connectivity index (χ2v) is 6.67. The third-order valence-electron chi connectivity index (χ3n) is 2.41. The highest BCUT2D eigenvalue weighted by Gasteiger charge is 2.30. The zero-order chi connectivity index (χ0) is 12.6. The van der Waals surface area contributed by atoms with Gasteiger partial charge in [0.1, 0.15) is 4.90 Å². The summed E-state index contributed by atoms with van der Waals surface area (Å²) in [5, 5.41) is 0.443. The Morgan fingerprint density at radius 3 is 2.47 bits per heavy atom. The molecule has 1 fully saturated rings. The van der Waals surface area contributed by atoms with Crippen LogP contribution >= 0.6 is 34.8 Å². The van der Waals surface area contributed by atoms with Crippen molar-refractivity contribution < 1.29 is 8.42 Å². The predicted molar refractivity (Wildman–Crippen MR) is 69.4 cm³/mol. The van der Waals surface area contributed by atoms with Gasteiger partial charge in [0, 0.05) is 16.9 Å². The number of nitrogens with one attached hydrogen (secondary N) is 1. The molecule has 7 heteroatoms. The van der Waals surface area contributed by atoms with Gasteiger partial charge in [-0.25, -0.2) is 13.1 Å². The maximum Gasteiger partial charge on any atom is 0.242 e. The molecule has 17 heavy (non-hydrogen) atoms. The molecule has 0 heterocycles. The number of alkyl halides is 1. The molecular weight excluding hydrogens is 305 g/mol. The molecule has 2 rings (SSSR count). The van der Waals surface area contributed by atoms with E-state index >= 15 is 0 Å². The lowest BCUT2D eigenvalue weighted by molar-refractivity contribution is 0.581. The quantitative estimate of drug-likeness (QED) is 0.868. The van der Waals surface area contributed by atoms with Crippen LogP contribution in [0.4, 0.5) is 0 Å². The summed E-state index contributed by atoms with van der Waals surface area (Å²) in [4.78, 5) is -0.00535. The smallest absolute Gasteiger partial charge is 0.208 e. The molecule has 0 unspecified atom stereocenters. The minimum atomic E-state index is -3.61. The van der Waals surface area contributed by atoms with Crippen molar-refractivity contribution in [2.75, 3.05) is 0 Å². The molecule has 3 nitrogen and oxygen atoms in total. The Kier molecular flexibility index (Phi) is 3.90. The first-order valence-electron chi connectivity index (χ1n) is 5.00. The van der Waals surface area contributed by atoms with E-state index in [1.165, 1.54) is 6.07 Å². The number of hydrogen-bond donors (Lipinski definition) is 1. The summed E-state index contributed by atoms with van der Waals surface area (Å²) in [5.74, 6) is 0.116. The van der Waals surface area contributed by atoms with Gasteiger partial charge in [-0.15, -0.1) is 11.6 Å². The van der Waals surface area contributed by atoms with Gasteiger partial charge in [0.25, 0.3) is 0 Å². The van der Waals surface area contributed by atoms with Crippen LogP contribution in [0, 0.1) is 0 Å². The van der Waals surface area contributed by atoms with Gasteiger partial charge in [-0.05, 0) is 30.5 Å². The van der Waals surface area contributed by atoms with Gasteiger partial charge in [0.05, 0.1) is 5.02 Å². The molecule has 0 aromatic heterocycles. The fourth-order valence-electron chi connectivity index (χ4n) is 1.40. The zero-order valence-electron chi connectivity index (χ0n) is 8.71. The predicted octanol–water partition coefficient (Wildman–Crippen LogP) is 3.17. The molecule has 0 saturated heterocycles. The van der Waals surface area contributed by atoms with Crippen molar-refractivity contribution in [1.29, 1.82) is 0 Å². The molecule has 0 aliphatic heterocycles. The molecular formula is C10H10Cl3NO2S. The Bertz CT molecular complexity index is 541. The van der Waals surface area contributed by atoms with E-state index < -0.39 is 10.0 Å². The lowest BCUT2D eigenvalue weighted by Gasteiger charge is -2.10. The average Bonchev–Trinajstić information content (AvgIpc) is 3.03. The molecule has 1 aromatic carbocycles. The van der Waals surface area contributed by atoms with Crippen molar-refractivity contribution in [2.24, 2.45) is 0 Å². The Hall–Kier alpha value is -0.000000000000000167. The lowest BCUT2D eigenvalue weighted by Crippen LogP contribution is -2.26. The van der Waals surface area contributed by atoms with Crippen LogP contribution in [0.5, 0.6) is 0 Å². The lowest BCUT2D eigenvalue weighted by atomic mass is 10.2. The van der Waals surface area contributed by atoms with Crippen LogP contribution in [0.25, 0.3) is 0 Å². The molecule has 0 radical (unpaired) electrons. The van der Waals surface area contributed by atoms with Crippen molar-refractivity contribution in [3.63, 3.8) is 0 Å². The van der Waals surface area contributed by atoms with Gasteiger partial charge in [-0.1, -0.05) is 23.2 Å². The molecule has 0 atom stereocenters. The zero-order valence-corrected chi connectivity index (χ0v) is 11.8. The van der Waals surface area contributed by atoms with Gasteiger partial charge >= 0.3 is 0 Å². The Balaban J connectivity index is 2.46. The molecule has 1 aliphatic rings. The van der Waals surface area contributed by atoms with Gasteiger partial charge in [-0.2, -0.15) is 0 Å². The van der Waals surface area contributed by atoms with Gasteiger partial charge in [0.2, 0.25) is 10.0 Å². The van der Waals surface area contributed by atoms with Crippen molar-refractivity contribution in [1.82, 2.24) is 4.72 Å². The molecule has 1 aromatic rings. The van der Waals surface area contributed by atoms with Crippen LogP contribution in [0.3, 0.4) is 0 Å². The third kappa shape index (κ3) is 3.06. The van der Waals surface area contributed by atoms with E-state index in [4.69, 9.17) is 34.8 Å². The first-order chi connectivity index (χ1) is 7.94. The van der Waals surface area contributed by atoms with Crippen LogP contribution < -0.4 is 4.72 Å². The highest BCUT2D eigenvalue weighted by Crippen LogP contribution is 2.31. The number of benzene rings is 1. The first kappa shape index (κ1) is 13.4. The van der Waals surface area contributed by atoms with Crippen molar-refractivity contribution >= 4 is 44.8 Å². The largest absolute Gasteiger partial charge is 0.242 e. The molecule has 1 aliphatic carbocycles. The van der Waals surface area contributed by atoms with E-state index in [0.29, 0.717) is 10.6 Å². The highest BCUT2D eigenvalue weighted by molar-refractivity contribution is 7.89. The number of sulfonamides is 1. The van der Waals surface area contributed by atoms with E-state index in [2.05, 4.69) is 4.72 Å². The van der Waals surface area contributed by atoms with Crippen molar-refractivity contribution in [3.05, 3.63) is 27.7 Å². The molecule has 1 N–H and O–H groups in total. The highest BCUT2D eigenvalue weighted by atomic mass is 35.5. The summed E-state index contributed by atoms with van der Waals surface area (Å²) in [5.41, 5.74) is 0.511. The van der Waals surface area contributed by atoms with Crippen LogP contribution in [0.15, 0.2) is 17.0 Å². The van der Waals surface area contributed by atoms with Crippen LogP contribution in [-0.4, -0.2) is 14.5 Å². The van der Waals surface area contributed by atoms with E-state index in [1.807, 2.05) is 0 Å². The van der Waals surface area contributed by atoms with Crippen LogP contribution in [0.1, 0.15) is 18.4 Å². The summed E-state index contributed by atoms with van der Waals surface area (Å²) < 4.78 is 26.6. The van der Waals surface area contributed by atoms with E-state index in [0.717, 1.165) is 12.8 Å². The standard InChI is InChI=1S/C10H10Cl3NO2S/c11-5-6-3-7(12)4-9(10(6)13)17(15,16)14-8-1-2-8/h3-4,8,14H,1-2,5H2. The summed E-state index contributed by atoms with van der Waals surface area (Å²) >= 11 is 17.5. The molecule has 1 saturated carbocycles. The van der Waals surface area contributed by atoms with E-state index in [9.17, 15) is 8.42 Å². The average molecular weight is 315 g/mol. The van der Waals surface area contributed by atoms with Gasteiger partial charge in [-0.3, -0.25) is 0 Å². The third-order valence-corrected chi connectivity index (χ3v) is 5.02. The second-order valence-electron chi connectivity index (χ2n) is 3.91. The monoisotopic (exact) mass is 313 g/mol. The summed E-state index contributed by atoms with van der Waals surface area (Å²) in [6, 6.07) is 2.92. The summed E-state index contributed by atoms with van der Waals surface area (Å²) in [7, 11) is -3.61. The SMILES string of the molecule is O=S(=O)(NC1CC1)c1cc(Cl)cc(CCl)c1Cl. The number of rotatable bonds is 4. The minimum Gasteiger partial charge on any atom is -0.208 e. The van der Waals surface area contributed by atoms with Crippen LogP contribution in [-0.2, 0) is 15.9 Å². The van der Waals surface area contributed by atoms with E-state index in [-0.39, 0.29) is 21.8 Å². The molecule has 0 bridgehead atoms. The van der Waals surface area contributed by atoms with Gasteiger partial charge < -0.3 is 0 Å². The molecule has 94 valence electrons. The maximum atomic E-state index is 12.0. The second kappa shape index (κ2) is 4.94. The van der Waals surface area contributed by atoms with Crippen molar-refractivity contribution in [2.45, 2.75) is 29.7 Å². The summed E-state index contributed by atoms with van der Waals surface area (Å²) in [6.07, 6.45) is 1.72. The van der Waals surface area contributed by atoms with Crippen LogP contribution in [0.2, 0.25) is 10.0 Å². The number of halogens is 3. The molecule has 0 amide bonds. The maximum absolute atomic E-state index is 12.0. The topological polar surface area (TPSA) is 46.2 Å². The first-order valence-corrected chi connectivity index (χ1v) is 7.77. The van der Waals surface area contributed by atoms with Crippen molar-refractivity contribution in [3.8, 4) is 0 Å². The Morgan fingerprint density at radius 1 is 1.29 bits per heavy atom. The fourth-order valence-corrected chi connectivity index (χ4v) is 3.91. The van der Waals surface area contributed by atoms with Gasteiger partial charge in [0.15, 0.2) is 0 Å². The molecule has 0 spiro atoms. The summed E-state index contributed by atoms with van der Waals surface area (Å²) in [6.45, 7) is 0. The Morgan fingerprint density at radius 2 is 1.94 bits per heavy atom.